The van der Waals surface area contributed by atoms with Crippen LogP contribution in [0.2, 0.25) is 0 Å². The fourth-order valence-corrected chi connectivity index (χ4v) is 4.82. The Morgan fingerprint density at radius 2 is 0.973 bits per heavy atom. The van der Waals surface area contributed by atoms with Crippen molar-refractivity contribution in [1.29, 1.82) is 0 Å². The molecule has 1 atom stereocenters. The average molecular weight is 523 g/mol. The van der Waals surface area contributed by atoms with Crippen LogP contribution < -0.4 is 0 Å². The largest absolute Gasteiger partial charge is 0.481 e. The van der Waals surface area contributed by atoms with E-state index in [1.54, 1.807) is 0 Å². The van der Waals surface area contributed by atoms with Gasteiger partial charge in [0.1, 0.15) is 6.10 Å². The van der Waals surface area contributed by atoms with E-state index in [1.165, 1.54) is 109 Å². The first-order valence-electron chi connectivity index (χ1n) is 16.2. The van der Waals surface area contributed by atoms with Crippen LogP contribution in [0.3, 0.4) is 0 Å². The fraction of sp³-hybridized carbons (Fsp3) is 0.879. The lowest BCUT2D eigenvalue weighted by Crippen LogP contribution is -2.18. The maximum atomic E-state index is 12.4. The molecule has 0 aromatic carbocycles. The second-order valence-corrected chi connectivity index (χ2v) is 11.0. The summed E-state index contributed by atoms with van der Waals surface area (Å²) >= 11 is 0. The Kier molecular flexibility index (Phi) is 28.2. The summed E-state index contributed by atoms with van der Waals surface area (Å²) in [5.74, 6) is -0.809. The maximum Gasteiger partial charge on any atom is 0.306 e. The van der Waals surface area contributed by atoms with Crippen LogP contribution in [-0.4, -0.2) is 23.1 Å². The van der Waals surface area contributed by atoms with E-state index in [9.17, 15) is 9.59 Å². The molecule has 0 heterocycles. The van der Waals surface area contributed by atoms with Crippen molar-refractivity contribution in [3.05, 3.63) is 12.2 Å². The Hall–Kier alpha value is -1.32. The Morgan fingerprint density at radius 3 is 1.51 bits per heavy atom. The zero-order chi connectivity index (χ0) is 27.2. The number of unbranched alkanes of at least 4 members (excludes halogenated alkanes) is 18. The van der Waals surface area contributed by atoms with Crippen molar-refractivity contribution >= 4 is 11.9 Å². The van der Waals surface area contributed by atoms with E-state index in [4.69, 9.17) is 9.84 Å². The Morgan fingerprint density at radius 1 is 0.568 bits per heavy atom. The summed E-state index contributed by atoms with van der Waals surface area (Å²) in [5, 5.41) is 8.88. The van der Waals surface area contributed by atoms with Gasteiger partial charge in [-0.1, -0.05) is 116 Å². The highest BCUT2D eigenvalue weighted by Gasteiger charge is 2.14. The predicted molar refractivity (Wildman–Crippen MR) is 158 cm³/mol. The first-order valence-corrected chi connectivity index (χ1v) is 16.2. The molecule has 0 aromatic heterocycles. The predicted octanol–water partition coefficient (Wildman–Crippen LogP) is 10.7. The van der Waals surface area contributed by atoms with E-state index < -0.39 is 5.97 Å². The topological polar surface area (TPSA) is 63.6 Å². The maximum absolute atomic E-state index is 12.4. The van der Waals surface area contributed by atoms with Gasteiger partial charge in [-0.05, 0) is 64.2 Å². The minimum absolute atomic E-state index is 0.0420. The zero-order valence-electron chi connectivity index (χ0n) is 24.8. The number of esters is 1. The minimum Gasteiger partial charge on any atom is -0.481 e. The number of aliphatic carboxylic acids is 1. The van der Waals surface area contributed by atoms with Crippen molar-refractivity contribution in [3.8, 4) is 0 Å². The van der Waals surface area contributed by atoms with Gasteiger partial charge in [-0.2, -0.15) is 0 Å². The third kappa shape index (κ3) is 29.1. The van der Waals surface area contributed by atoms with Gasteiger partial charge in [-0.3, -0.25) is 9.59 Å². The number of carbonyl (C=O) groups excluding carboxylic acids is 1. The normalized spacial score (nSPS) is 12.3. The van der Waals surface area contributed by atoms with Gasteiger partial charge in [-0.15, -0.1) is 0 Å². The standard InChI is InChI=1S/C33H62O4/c1-3-5-7-9-11-13-14-15-16-18-20-22-24-30-33(36)37-31(28-25-26-29-32(34)35)27-23-21-19-17-12-10-8-6-4-2/h13-14,31H,3-12,15-30H2,1-2H3,(H,34,35)/b14-13-. The van der Waals surface area contributed by atoms with Crippen LogP contribution in [0.1, 0.15) is 181 Å². The van der Waals surface area contributed by atoms with Crippen molar-refractivity contribution in [2.45, 2.75) is 187 Å². The highest BCUT2D eigenvalue weighted by Crippen LogP contribution is 2.18. The van der Waals surface area contributed by atoms with Gasteiger partial charge in [0, 0.05) is 12.8 Å². The molecule has 0 radical (unpaired) electrons. The van der Waals surface area contributed by atoms with Gasteiger partial charge in [-0.25, -0.2) is 0 Å². The Labute approximate surface area is 230 Å². The van der Waals surface area contributed by atoms with Gasteiger partial charge in [0.2, 0.25) is 0 Å². The average Bonchev–Trinajstić information content (AvgIpc) is 2.88. The van der Waals surface area contributed by atoms with Gasteiger partial charge in [0.15, 0.2) is 0 Å². The summed E-state index contributed by atoms with van der Waals surface area (Å²) in [4.78, 5) is 23.2. The first kappa shape index (κ1) is 35.7. The fourth-order valence-electron chi connectivity index (χ4n) is 4.82. The van der Waals surface area contributed by atoms with Crippen molar-refractivity contribution in [2.75, 3.05) is 0 Å². The first-order chi connectivity index (χ1) is 18.1. The summed E-state index contributed by atoms with van der Waals surface area (Å²) in [6.07, 6.45) is 33.5. The van der Waals surface area contributed by atoms with Gasteiger partial charge in [0.05, 0.1) is 0 Å². The van der Waals surface area contributed by atoms with E-state index in [1.807, 2.05) is 0 Å². The molecule has 0 aliphatic rings. The molecule has 0 aliphatic carbocycles. The molecule has 0 fully saturated rings. The number of rotatable bonds is 29. The second-order valence-electron chi connectivity index (χ2n) is 11.0. The summed E-state index contributed by atoms with van der Waals surface area (Å²) in [6.45, 7) is 4.50. The van der Waals surface area contributed by atoms with E-state index in [0.29, 0.717) is 12.8 Å². The lowest BCUT2D eigenvalue weighted by atomic mass is 10.0. The van der Waals surface area contributed by atoms with Crippen LogP contribution in [0.4, 0.5) is 0 Å². The van der Waals surface area contributed by atoms with Gasteiger partial charge < -0.3 is 9.84 Å². The summed E-state index contributed by atoms with van der Waals surface area (Å²) in [7, 11) is 0. The number of carbonyl (C=O) groups is 2. The number of carboxylic acids is 1. The second kappa shape index (κ2) is 29.2. The van der Waals surface area contributed by atoms with Crippen molar-refractivity contribution in [2.24, 2.45) is 0 Å². The lowest BCUT2D eigenvalue weighted by molar-refractivity contribution is -0.150. The van der Waals surface area contributed by atoms with Gasteiger partial charge in [0.25, 0.3) is 0 Å². The molecule has 0 saturated carbocycles. The van der Waals surface area contributed by atoms with Gasteiger partial charge >= 0.3 is 11.9 Å². The molecule has 0 rings (SSSR count). The van der Waals surface area contributed by atoms with Crippen LogP contribution in [-0.2, 0) is 14.3 Å². The molecule has 4 nitrogen and oxygen atoms in total. The summed E-state index contributed by atoms with van der Waals surface area (Å²) in [5.41, 5.74) is 0. The quantitative estimate of drug-likeness (QED) is 0.0602. The molecule has 1 unspecified atom stereocenters. The molecule has 37 heavy (non-hydrogen) atoms. The molecule has 0 bridgehead atoms. The number of carboxylic acid groups (broad SMARTS) is 1. The van der Waals surface area contributed by atoms with E-state index in [-0.39, 0.29) is 18.5 Å². The number of ether oxygens (including phenoxy) is 1. The molecular formula is C33H62O4. The van der Waals surface area contributed by atoms with Crippen molar-refractivity contribution in [1.82, 2.24) is 0 Å². The number of allylic oxidation sites excluding steroid dienone is 2. The van der Waals surface area contributed by atoms with Crippen LogP contribution in [0.5, 0.6) is 0 Å². The van der Waals surface area contributed by atoms with Crippen LogP contribution in [0.25, 0.3) is 0 Å². The van der Waals surface area contributed by atoms with Crippen molar-refractivity contribution in [3.63, 3.8) is 0 Å². The highest BCUT2D eigenvalue weighted by molar-refractivity contribution is 5.69. The molecule has 0 aliphatic heterocycles. The van der Waals surface area contributed by atoms with Crippen LogP contribution in [0, 0.1) is 0 Å². The molecule has 218 valence electrons. The zero-order valence-corrected chi connectivity index (χ0v) is 24.8. The minimum atomic E-state index is -0.745. The smallest absolute Gasteiger partial charge is 0.306 e. The SMILES string of the molecule is CCCCCC/C=C\CCCCCCCC(=O)OC(CCCCCCCCCCC)CCCCC(=O)O. The molecule has 1 N–H and O–H groups in total. The third-order valence-corrected chi connectivity index (χ3v) is 7.24. The monoisotopic (exact) mass is 522 g/mol. The van der Waals surface area contributed by atoms with Crippen LogP contribution in [0.15, 0.2) is 12.2 Å². The molecule has 0 aromatic rings. The number of hydrogen-bond donors (Lipinski definition) is 1. The Bertz CT molecular complexity index is 528. The third-order valence-electron chi connectivity index (χ3n) is 7.24. The summed E-state index contributed by atoms with van der Waals surface area (Å²) in [6, 6.07) is 0. The molecule has 0 saturated heterocycles. The number of hydrogen-bond acceptors (Lipinski definition) is 3. The highest BCUT2D eigenvalue weighted by atomic mass is 16.5. The molecule has 4 heteroatoms. The molecule has 0 spiro atoms. The van der Waals surface area contributed by atoms with E-state index in [0.717, 1.165) is 38.5 Å². The van der Waals surface area contributed by atoms with Crippen LogP contribution >= 0.6 is 0 Å². The molecular weight excluding hydrogens is 460 g/mol. The summed E-state index contributed by atoms with van der Waals surface area (Å²) < 4.78 is 5.84. The van der Waals surface area contributed by atoms with Crippen molar-refractivity contribution < 1.29 is 19.4 Å². The van der Waals surface area contributed by atoms with E-state index in [2.05, 4.69) is 26.0 Å². The van der Waals surface area contributed by atoms with E-state index >= 15 is 0 Å². The Balaban J connectivity index is 3.93. The molecule has 0 amide bonds. The lowest BCUT2D eigenvalue weighted by Gasteiger charge is -2.18.